The van der Waals surface area contributed by atoms with Crippen LogP contribution in [0.3, 0.4) is 0 Å². The van der Waals surface area contributed by atoms with Crippen molar-refractivity contribution >= 4 is 33.6 Å². The average Bonchev–Trinajstić information content (AvgIpc) is 2.96. The van der Waals surface area contributed by atoms with Gasteiger partial charge >= 0.3 is 12.0 Å². The van der Waals surface area contributed by atoms with Gasteiger partial charge in [0.25, 0.3) is 0 Å². The summed E-state index contributed by atoms with van der Waals surface area (Å²) in [5.41, 5.74) is 1.84. The van der Waals surface area contributed by atoms with E-state index in [0.717, 1.165) is 23.0 Å². The van der Waals surface area contributed by atoms with Crippen molar-refractivity contribution in [1.29, 1.82) is 0 Å². The molecule has 0 spiro atoms. The van der Waals surface area contributed by atoms with E-state index in [1.165, 1.54) is 0 Å². The van der Waals surface area contributed by atoms with Crippen LogP contribution in [0.25, 0.3) is 0 Å². The highest BCUT2D eigenvalue weighted by Crippen LogP contribution is 2.11. The van der Waals surface area contributed by atoms with Crippen molar-refractivity contribution in [2.45, 2.75) is 25.8 Å². The van der Waals surface area contributed by atoms with Crippen LogP contribution in [-0.2, 0) is 17.8 Å². The number of amides is 2. The number of carbonyl (C=O) groups excluding carboxylic acids is 1. The Kier molecular flexibility index (Phi) is 6.80. The molecule has 1 aromatic heterocycles. The second-order valence-corrected chi connectivity index (χ2v) is 6.16. The van der Waals surface area contributed by atoms with E-state index in [-0.39, 0.29) is 12.5 Å². The molecule has 0 bridgehead atoms. The number of aryl methyl sites for hydroxylation is 2. The van der Waals surface area contributed by atoms with E-state index in [0.29, 0.717) is 18.7 Å². The minimum absolute atomic E-state index is 0.0435. The lowest BCUT2D eigenvalue weighted by atomic mass is 10.1. The highest BCUT2D eigenvalue weighted by atomic mass is 79.9. The first-order valence-electron chi connectivity index (χ1n) is 7.56. The van der Waals surface area contributed by atoms with Crippen LogP contribution < -0.4 is 10.6 Å². The van der Waals surface area contributed by atoms with Crippen molar-refractivity contribution in [3.8, 4) is 0 Å². The molecule has 1 heterocycles. The molecule has 128 valence electrons. The molecule has 2 aromatic rings. The molecule has 0 radical (unpaired) electrons. The molecule has 0 saturated heterocycles. The Bertz CT molecular complexity index is 685. The number of nitrogens with one attached hydrogen (secondary N) is 2. The number of nitrogens with zero attached hydrogens (tertiary/aromatic N) is 2. The molecular formula is C16H19BrN4O3. The van der Waals surface area contributed by atoms with Gasteiger partial charge < -0.3 is 15.7 Å². The fraction of sp³-hybridized carbons (Fsp3) is 0.312. The van der Waals surface area contributed by atoms with Crippen LogP contribution in [0.2, 0.25) is 0 Å². The van der Waals surface area contributed by atoms with Crippen LogP contribution in [0.5, 0.6) is 0 Å². The first-order valence-corrected chi connectivity index (χ1v) is 8.36. The fourth-order valence-corrected chi connectivity index (χ4v) is 2.40. The Labute approximate surface area is 148 Å². The molecule has 24 heavy (non-hydrogen) atoms. The molecule has 3 N–H and O–H groups in total. The number of hydrogen-bond acceptors (Lipinski definition) is 3. The zero-order valence-corrected chi connectivity index (χ0v) is 14.6. The van der Waals surface area contributed by atoms with Gasteiger partial charge in [-0.15, -0.1) is 0 Å². The smallest absolute Gasteiger partial charge is 0.319 e. The number of carbonyl (C=O) groups is 2. The molecule has 0 atom stereocenters. The van der Waals surface area contributed by atoms with Crippen molar-refractivity contribution < 1.29 is 14.7 Å². The van der Waals surface area contributed by atoms with Gasteiger partial charge in [-0.1, -0.05) is 12.1 Å². The Balaban J connectivity index is 1.73. The number of halogens is 1. The molecule has 0 aliphatic rings. The summed E-state index contributed by atoms with van der Waals surface area (Å²) in [5, 5.41) is 18.1. The van der Waals surface area contributed by atoms with Crippen LogP contribution in [0, 0.1) is 0 Å². The van der Waals surface area contributed by atoms with Gasteiger partial charge in [-0.3, -0.25) is 9.48 Å². The highest BCUT2D eigenvalue weighted by Gasteiger charge is 2.03. The van der Waals surface area contributed by atoms with Crippen molar-refractivity contribution in [2.75, 3.05) is 11.9 Å². The molecule has 0 fully saturated rings. The summed E-state index contributed by atoms with van der Waals surface area (Å²) in [5.74, 6) is -0.865. The molecule has 0 unspecified atom stereocenters. The summed E-state index contributed by atoms with van der Waals surface area (Å²) in [6.07, 6.45) is 4.97. The van der Waals surface area contributed by atoms with Crippen LogP contribution >= 0.6 is 15.9 Å². The van der Waals surface area contributed by atoms with Crippen LogP contribution in [0.15, 0.2) is 41.1 Å². The van der Waals surface area contributed by atoms with E-state index in [4.69, 9.17) is 5.11 Å². The van der Waals surface area contributed by atoms with Crippen LogP contribution in [-0.4, -0.2) is 33.4 Å². The number of rotatable bonds is 8. The van der Waals surface area contributed by atoms with Crippen LogP contribution in [0.1, 0.15) is 18.4 Å². The first-order chi connectivity index (χ1) is 11.5. The van der Waals surface area contributed by atoms with E-state index in [1.807, 2.05) is 35.1 Å². The van der Waals surface area contributed by atoms with Gasteiger partial charge in [-0.05, 0) is 46.5 Å². The molecule has 7 nitrogen and oxygen atoms in total. The number of carboxylic acid groups (broad SMARTS) is 1. The summed E-state index contributed by atoms with van der Waals surface area (Å²) in [6, 6.07) is 7.25. The third-order valence-corrected chi connectivity index (χ3v) is 3.71. The Morgan fingerprint density at radius 3 is 2.62 bits per heavy atom. The average molecular weight is 395 g/mol. The molecule has 0 aliphatic heterocycles. The maximum Gasteiger partial charge on any atom is 0.319 e. The van der Waals surface area contributed by atoms with Gasteiger partial charge in [-0.25, -0.2) is 4.79 Å². The molecule has 0 aliphatic carbocycles. The highest BCUT2D eigenvalue weighted by molar-refractivity contribution is 9.10. The van der Waals surface area contributed by atoms with Gasteiger partial charge in [-0.2, -0.15) is 5.10 Å². The van der Waals surface area contributed by atoms with Gasteiger partial charge in [0.2, 0.25) is 0 Å². The number of benzene rings is 1. The maximum atomic E-state index is 11.7. The maximum absolute atomic E-state index is 11.7. The lowest BCUT2D eigenvalue weighted by molar-refractivity contribution is -0.137. The zero-order valence-electron chi connectivity index (χ0n) is 13.0. The number of carboxylic acids is 1. The summed E-state index contributed by atoms with van der Waals surface area (Å²) in [4.78, 5) is 22.0. The number of aromatic nitrogens is 2. The molecule has 2 rings (SSSR count). The second kappa shape index (κ2) is 9.07. The SMILES string of the molecule is O=C(O)CCCNC(=O)Nc1ccc(CCn2cc(Br)cn2)cc1. The number of urea groups is 1. The summed E-state index contributed by atoms with van der Waals surface area (Å²) in [6.45, 7) is 1.11. The summed E-state index contributed by atoms with van der Waals surface area (Å²) >= 11 is 3.36. The first kappa shape index (κ1) is 18.0. The number of anilines is 1. The monoisotopic (exact) mass is 394 g/mol. The normalized spacial score (nSPS) is 10.4. The summed E-state index contributed by atoms with van der Waals surface area (Å²) in [7, 11) is 0. The van der Waals surface area contributed by atoms with Gasteiger partial charge in [0.05, 0.1) is 10.7 Å². The third kappa shape index (κ3) is 6.41. The van der Waals surface area contributed by atoms with Crippen molar-refractivity contribution in [3.05, 3.63) is 46.7 Å². The minimum Gasteiger partial charge on any atom is -0.481 e. The number of aliphatic carboxylic acids is 1. The lowest BCUT2D eigenvalue weighted by Crippen LogP contribution is -2.29. The molecule has 2 amide bonds. The third-order valence-electron chi connectivity index (χ3n) is 3.30. The minimum atomic E-state index is -0.865. The van der Waals surface area contributed by atoms with E-state index >= 15 is 0 Å². The van der Waals surface area contributed by atoms with Crippen LogP contribution in [0.4, 0.5) is 10.5 Å². The van der Waals surface area contributed by atoms with Crippen molar-refractivity contribution in [2.24, 2.45) is 0 Å². The second-order valence-electron chi connectivity index (χ2n) is 5.25. The predicted octanol–water partition coefficient (Wildman–Crippen LogP) is 2.87. The van der Waals surface area contributed by atoms with E-state index in [1.54, 1.807) is 6.20 Å². The Hall–Kier alpha value is -2.35. The largest absolute Gasteiger partial charge is 0.481 e. The van der Waals surface area contributed by atoms with Gasteiger partial charge in [0.15, 0.2) is 0 Å². The quantitative estimate of drug-likeness (QED) is 0.599. The van der Waals surface area contributed by atoms with Crippen molar-refractivity contribution in [1.82, 2.24) is 15.1 Å². The molecule has 0 saturated carbocycles. The molecule has 1 aromatic carbocycles. The molecular weight excluding hydrogens is 376 g/mol. The Morgan fingerprint density at radius 2 is 2.00 bits per heavy atom. The van der Waals surface area contributed by atoms with Gasteiger partial charge in [0, 0.05) is 31.4 Å². The molecule has 8 heteroatoms. The summed E-state index contributed by atoms with van der Waals surface area (Å²) < 4.78 is 2.82. The Morgan fingerprint density at radius 1 is 1.25 bits per heavy atom. The predicted molar refractivity (Wildman–Crippen MR) is 94.0 cm³/mol. The van der Waals surface area contributed by atoms with E-state index in [2.05, 4.69) is 31.7 Å². The van der Waals surface area contributed by atoms with E-state index < -0.39 is 5.97 Å². The standard InChI is InChI=1S/C16H19BrN4O3/c17-13-10-19-21(11-13)9-7-12-3-5-14(6-4-12)20-16(24)18-8-1-2-15(22)23/h3-6,10-11H,1-2,7-9H2,(H,22,23)(H2,18,20,24). The topological polar surface area (TPSA) is 96.3 Å². The van der Waals surface area contributed by atoms with E-state index in [9.17, 15) is 9.59 Å². The van der Waals surface area contributed by atoms with Crippen molar-refractivity contribution in [3.63, 3.8) is 0 Å². The zero-order chi connectivity index (χ0) is 17.4. The lowest BCUT2D eigenvalue weighted by Gasteiger charge is -2.08. The van der Waals surface area contributed by atoms with Gasteiger partial charge in [0.1, 0.15) is 0 Å². The fourth-order valence-electron chi connectivity index (χ4n) is 2.08. The number of hydrogen-bond donors (Lipinski definition) is 3.